The van der Waals surface area contributed by atoms with Gasteiger partial charge in [0.25, 0.3) is 0 Å². The first kappa shape index (κ1) is 10.8. The SMILES string of the molecule is NC1=NCC(c2cccc(Cl)c2F)N1C1CC1. The van der Waals surface area contributed by atoms with E-state index in [4.69, 9.17) is 17.3 Å². The van der Waals surface area contributed by atoms with Gasteiger partial charge in [-0.25, -0.2) is 4.39 Å². The van der Waals surface area contributed by atoms with E-state index in [1.54, 1.807) is 18.2 Å². The van der Waals surface area contributed by atoms with Crippen LogP contribution in [0, 0.1) is 5.82 Å². The van der Waals surface area contributed by atoms with Crippen LogP contribution in [-0.2, 0) is 0 Å². The van der Waals surface area contributed by atoms with Gasteiger partial charge in [0.2, 0.25) is 0 Å². The van der Waals surface area contributed by atoms with Crippen molar-refractivity contribution in [3.8, 4) is 0 Å². The smallest absolute Gasteiger partial charge is 0.192 e. The maximum Gasteiger partial charge on any atom is 0.192 e. The summed E-state index contributed by atoms with van der Waals surface area (Å²) in [5, 5.41) is 0.156. The number of guanidine groups is 1. The highest BCUT2D eigenvalue weighted by atomic mass is 35.5. The Kier molecular flexibility index (Phi) is 2.47. The third-order valence-corrected chi connectivity index (χ3v) is 3.60. The number of rotatable bonds is 2. The lowest BCUT2D eigenvalue weighted by atomic mass is 10.1. The highest BCUT2D eigenvalue weighted by Crippen LogP contribution is 2.38. The van der Waals surface area contributed by atoms with Crippen molar-refractivity contribution < 1.29 is 4.39 Å². The molecule has 1 aliphatic carbocycles. The van der Waals surface area contributed by atoms with Crippen LogP contribution in [-0.4, -0.2) is 23.4 Å². The van der Waals surface area contributed by atoms with Gasteiger partial charge in [0, 0.05) is 11.6 Å². The first-order chi connectivity index (χ1) is 8.18. The minimum atomic E-state index is -0.352. The van der Waals surface area contributed by atoms with E-state index in [2.05, 4.69) is 4.99 Å². The molecular formula is C12H13ClFN3. The van der Waals surface area contributed by atoms with Crippen molar-refractivity contribution in [2.45, 2.75) is 24.9 Å². The maximum absolute atomic E-state index is 14.0. The second-order valence-electron chi connectivity index (χ2n) is 4.50. The normalized spacial score (nSPS) is 24.0. The summed E-state index contributed by atoms with van der Waals surface area (Å²) in [7, 11) is 0. The van der Waals surface area contributed by atoms with E-state index in [0.29, 0.717) is 24.1 Å². The molecule has 0 amide bonds. The van der Waals surface area contributed by atoms with Crippen LogP contribution in [0.15, 0.2) is 23.2 Å². The third-order valence-electron chi connectivity index (χ3n) is 3.31. The molecule has 1 aromatic rings. The Hall–Kier alpha value is -1.29. The van der Waals surface area contributed by atoms with E-state index in [1.807, 2.05) is 4.90 Å². The Bertz CT molecular complexity index is 485. The van der Waals surface area contributed by atoms with Crippen molar-refractivity contribution in [3.05, 3.63) is 34.6 Å². The van der Waals surface area contributed by atoms with Crippen molar-refractivity contribution in [3.63, 3.8) is 0 Å². The van der Waals surface area contributed by atoms with Crippen LogP contribution in [0.5, 0.6) is 0 Å². The fourth-order valence-corrected chi connectivity index (χ4v) is 2.51. The Morgan fingerprint density at radius 2 is 2.18 bits per heavy atom. The molecule has 1 fully saturated rings. The molecule has 5 heteroatoms. The average molecular weight is 254 g/mol. The monoisotopic (exact) mass is 253 g/mol. The minimum Gasteiger partial charge on any atom is -0.370 e. The summed E-state index contributed by atoms with van der Waals surface area (Å²) in [5.74, 6) is 0.173. The number of benzene rings is 1. The molecule has 3 rings (SSSR count). The molecule has 0 spiro atoms. The number of hydrogen-bond donors (Lipinski definition) is 1. The number of aliphatic imine (C=N–C) groups is 1. The van der Waals surface area contributed by atoms with Gasteiger partial charge in [-0.1, -0.05) is 23.7 Å². The Morgan fingerprint density at radius 1 is 1.41 bits per heavy atom. The summed E-state index contributed by atoms with van der Waals surface area (Å²) in [6.45, 7) is 0.513. The summed E-state index contributed by atoms with van der Waals surface area (Å²) < 4.78 is 14.0. The summed E-state index contributed by atoms with van der Waals surface area (Å²) in [4.78, 5) is 6.24. The largest absolute Gasteiger partial charge is 0.370 e. The second-order valence-corrected chi connectivity index (χ2v) is 4.90. The van der Waals surface area contributed by atoms with Gasteiger partial charge >= 0.3 is 0 Å². The summed E-state index contributed by atoms with van der Waals surface area (Å²) in [6, 6.07) is 5.40. The quantitative estimate of drug-likeness (QED) is 0.879. The lowest BCUT2D eigenvalue weighted by Crippen LogP contribution is -2.38. The van der Waals surface area contributed by atoms with Crippen molar-refractivity contribution in [2.75, 3.05) is 6.54 Å². The van der Waals surface area contributed by atoms with Crippen molar-refractivity contribution in [1.29, 1.82) is 0 Å². The van der Waals surface area contributed by atoms with Crippen LogP contribution in [0.2, 0.25) is 5.02 Å². The van der Waals surface area contributed by atoms with Crippen LogP contribution < -0.4 is 5.73 Å². The molecule has 2 aliphatic rings. The van der Waals surface area contributed by atoms with Gasteiger partial charge < -0.3 is 10.6 Å². The highest BCUT2D eigenvalue weighted by Gasteiger charge is 2.39. The molecule has 17 heavy (non-hydrogen) atoms. The zero-order chi connectivity index (χ0) is 12.0. The van der Waals surface area contributed by atoms with Gasteiger partial charge in [-0.05, 0) is 18.9 Å². The summed E-state index contributed by atoms with van der Waals surface area (Å²) >= 11 is 5.81. The zero-order valence-electron chi connectivity index (χ0n) is 9.24. The molecule has 0 bridgehead atoms. The Morgan fingerprint density at radius 3 is 2.88 bits per heavy atom. The molecule has 1 aliphatic heterocycles. The first-order valence-electron chi connectivity index (χ1n) is 5.70. The molecule has 90 valence electrons. The topological polar surface area (TPSA) is 41.6 Å². The molecule has 0 aromatic heterocycles. The van der Waals surface area contributed by atoms with E-state index in [9.17, 15) is 4.39 Å². The van der Waals surface area contributed by atoms with Crippen molar-refractivity contribution >= 4 is 17.6 Å². The second kappa shape index (κ2) is 3.88. The van der Waals surface area contributed by atoms with E-state index in [0.717, 1.165) is 12.8 Å². The number of nitrogens with two attached hydrogens (primary N) is 1. The number of nitrogens with zero attached hydrogens (tertiary/aromatic N) is 2. The van der Waals surface area contributed by atoms with E-state index in [1.165, 1.54) is 0 Å². The maximum atomic E-state index is 14.0. The van der Waals surface area contributed by atoms with Crippen LogP contribution in [0.4, 0.5) is 4.39 Å². The van der Waals surface area contributed by atoms with Gasteiger partial charge in [0.05, 0.1) is 17.6 Å². The summed E-state index contributed by atoms with van der Waals surface area (Å²) in [6.07, 6.45) is 2.21. The van der Waals surface area contributed by atoms with Crippen LogP contribution in [0.1, 0.15) is 24.4 Å². The predicted molar refractivity (Wildman–Crippen MR) is 65.5 cm³/mol. The number of hydrogen-bond acceptors (Lipinski definition) is 3. The van der Waals surface area contributed by atoms with Gasteiger partial charge in [-0.15, -0.1) is 0 Å². The fourth-order valence-electron chi connectivity index (χ4n) is 2.33. The zero-order valence-corrected chi connectivity index (χ0v) is 9.99. The van der Waals surface area contributed by atoms with Gasteiger partial charge in [0.1, 0.15) is 5.82 Å². The first-order valence-corrected chi connectivity index (χ1v) is 6.08. The predicted octanol–water partition coefficient (Wildman–Crippen LogP) is 2.31. The van der Waals surface area contributed by atoms with Crippen LogP contribution in [0.3, 0.4) is 0 Å². The van der Waals surface area contributed by atoms with Crippen molar-refractivity contribution in [1.82, 2.24) is 4.90 Å². The molecular weight excluding hydrogens is 241 g/mol. The van der Waals surface area contributed by atoms with Crippen LogP contribution >= 0.6 is 11.6 Å². The van der Waals surface area contributed by atoms with Gasteiger partial charge in [0.15, 0.2) is 5.96 Å². The lowest BCUT2D eigenvalue weighted by molar-refractivity contribution is 0.329. The molecule has 1 unspecified atom stereocenters. The molecule has 0 saturated heterocycles. The summed E-state index contributed by atoms with van der Waals surface area (Å²) in [5.41, 5.74) is 6.45. The van der Waals surface area contributed by atoms with Crippen molar-refractivity contribution in [2.24, 2.45) is 10.7 Å². The fraction of sp³-hybridized carbons (Fsp3) is 0.417. The standard InChI is InChI=1S/C12H13ClFN3/c13-9-3-1-2-8(11(9)14)10-6-16-12(15)17(10)7-4-5-7/h1-3,7,10H,4-6H2,(H2,15,16). The molecule has 0 radical (unpaired) electrons. The molecule has 2 N–H and O–H groups in total. The number of halogens is 2. The average Bonchev–Trinajstić information content (AvgIpc) is 3.07. The van der Waals surface area contributed by atoms with E-state index < -0.39 is 0 Å². The molecule has 1 atom stereocenters. The molecule has 1 aromatic carbocycles. The lowest BCUT2D eigenvalue weighted by Gasteiger charge is -2.26. The highest BCUT2D eigenvalue weighted by molar-refractivity contribution is 6.30. The third kappa shape index (κ3) is 1.76. The minimum absolute atomic E-state index is 0.0961. The van der Waals surface area contributed by atoms with Gasteiger partial charge in [-0.3, -0.25) is 4.99 Å². The molecule has 3 nitrogen and oxygen atoms in total. The van der Waals surface area contributed by atoms with E-state index in [-0.39, 0.29) is 16.9 Å². The van der Waals surface area contributed by atoms with E-state index >= 15 is 0 Å². The molecule has 1 heterocycles. The van der Waals surface area contributed by atoms with Crippen LogP contribution in [0.25, 0.3) is 0 Å². The Labute approximate surface area is 104 Å². The van der Waals surface area contributed by atoms with Gasteiger partial charge in [-0.2, -0.15) is 0 Å². The Balaban J connectivity index is 1.96. The molecule has 1 saturated carbocycles.